The van der Waals surface area contributed by atoms with E-state index in [0.717, 1.165) is 105 Å². The van der Waals surface area contributed by atoms with Gasteiger partial charge in [-0.05, 0) is 82.9 Å². The maximum atomic E-state index is 7.34. The first-order chi connectivity index (χ1) is 34.2. The van der Waals surface area contributed by atoms with Crippen molar-refractivity contribution < 1.29 is 4.42 Å². The molecule has 0 spiro atoms. The zero-order valence-electron chi connectivity index (χ0n) is 37.2. The van der Waals surface area contributed by atoms with Gasteiger partial charge in [-0.1, -0.05) is 176 Å². The van der Waals surface area contributed by atoms with Crippen LogP contribution in [0.15, 0.2) is 241 Å². The molecule has 0 aliphatic heterocycles. The lowest BCUT2D eigenvalue weighted by molar-refractivity contribution is 0.673. The highest BCUT2D eigenvalue weighted by Gasteiger charge is 2.23. The number of para-hydroxylation sites is 2. The Morgan fingerprint density at radius 3 is 1.17 bits per heavy atom. The fourth-order valence-corrected chi connectivity index (χ4v) is 10.3. The molecule has 0 saturated heterocycles. The van der Waals surface area contributed by atoms with Crippen molar-refractivity contribution in [2.45, 2.75) is 0 Å². The molecule has 0 N–H and O–H groups in total. The van der Waals surface area contributed by atoms with Crippen molar-refractivity contribution in [2.75, 3.05) is 0 Å². The molecule has 0 amide bonds. The number of hydrogen-bond acceptors (Lipinski definition) is 4. The van der Waals surface area contributed by atoms with Crippen LogP contribution in [0.1, 0.15) is 0 Å². The molecule has 69 heavy (non-hydrogen) atoms. The van der Waals surface area contributed by atoms with E-state index in [0.29, 0.717) is 17.5 Å². The minimum atomic E-state index is 0.605. The molecule has 6 heteroatoms. The third-order valence-corrected chi connectivity index (χ3v) is 13.6. The lowest BCUT2D eigenvalue weighted by Crippen LogP contribution is -2.00. The van der Waals surface area contributed by atoms with Crippen LogP contribution in [-0.2, 0) is 0 Å². The maximum absolute atomic E-state index is 7.34. The minimum Gasteiger partial charge on any atom is -0.452 e. The third kappa shape index (κ3) is 6.30. The topological polar surface area (TPSA) is 61.7 Å². The van der Waals surface area contributed by atoms with E-state index in [2.05, 4.69) is 209 Å². The molecule has 4 heterocycles. The summed E-state index contributed by atoms with van der Waals surface area (Å²) < 4.78 is 12.1. The fraction of sp³-hybridized carbons (Fsp3) is 0. The van der Waals surface area contributed by atoms with E-state index in [4.69, 9.17) is 19.4 Å². The Morgan fingerprint density at radius 2 is 0.638 bits per heavy atom. The highest BCUT2D eigenvalue weighted by molar-refractivity contribution is 6.26. The SMILES string of the molecule is c1ccc(-c2ccc(-c3nc(-c4ccccc4)nc(-c4ccc(-n5c6ccccc6c6ccc7c8ccc9c%10ccccc%10n(-c%10cccc(-c%11ccccc%11)c%10)c9c8oc7c65)cc4)n3)cc2)cc1. The fourth-order valence-electron chi connectivity index (χ4n) is 10.3. The third-order valence-electron chi connectivity index (χ3n) is 13.6. The molecule has 0 unspecified atom stereocenters. The van der Waals surface area contributed by atoms with Gasteiger partial charge in [0.1, 0.15) is 0 Å². The van der Waals surface area contributed by atoms with Crippen LogP contribution < -0.4 is 0 Å². The Bertz CT molecular complexity index is 4270. The molecule has 14 rings (SSSR count). The summed E-state index contributed by atoms with van der Waals surface area (Å²) in [4.78, 5) is 15.2. The van der Waals surface area contributed by atoms with Gasteiger partial charge in [0.25, 0.3) is 0 Å². The van der Waals surface area contributed by atoms with Crippen LogP contribution in [-0.4, -0.2) is 24.1 Å². The van der Waals surface area contributed by atoms with E-state index in [1.54, 1.807) is 0 Å². The van der Waals surface area contributed by atoms with Crippen molar-refractivity contribution in [3.05, 3.63) is 237 Å². The van der Waals surface area contributed by atoms with Crippen LogP contribution in [0.4, 0.5) is 0 Å². The van der Waals surface area contributed by atoms with Gasteiger partial charge in [-0.2, -0.15) is 0 Å². The molecule has 6 nitrogen and oxygen atoms in total. The Labute approximate surface area is 396 Å². The largest absolute Gasteiger partial charge is 0.452 e. The molecule has 0 atom stereocenters. The Morgan fingerprint density at radius 1 is 0.261 bits per heavy atom. The molecular formula is C63H39N5O. The molecule has 0 aliphatic rings. The van der Waals surface area contributed by atoms with Crippen molar-refractivity contribution in [1.29, 1.82) is 0 Å². The standard InChI is InChI=1S/C63H39N5O/c1-4-15-40(16-5-1)42-27-29-44(30-28-42)62-64-61(43-19-8-3-9-20-43)65-63(66-62)45-31-33-47(34-32-45)67-55-25-12-10-23-49(55)51-35-37-53-54-38-36-52-50-24-11-13-26-56(50)68(58(52)60(54)69-59(53)57(51)67)48-22-14-21-46(39-48)41-17-6-2-7-18-41/h1-39H. The van der Waals surface area contributed by atoms with Crippen LogP contribution >= 0.6 is 0 Å². The highest BCUT2D eigenvalue weighted by atomic mass is 16.3. The summed E-state index contributed by atoms with van der Waals surface area (Å²) >= 11 is 0. The van der Waals surface area contributed by atoms with Gasteiger partial charge in [0.05, 0.1) is 22.1 Å². The van der Waals surface area contributed by atoms with E-state index < -0.39 is 0 Å². The first kappa shape index (κ1) is 38.8. The van der Waals surface area contributed by atoms with E-state index in [-0.39, 0.29) is 0 Å². The second-order valence-corrected chi connectivity index (χ2v) is 17.6. The average molecular weight is 882 g/mol. The molecule has 0 saturated carbocycles. The summed E-state index contributed by atoms with van der Waals surface area (Å²) in [5.74, 6) is 1.85. The number of furan rings is 1. The van der Waals surface area contributed by atoms with E-state index >= 15 is 0 Å². The second-order valence-electron chi connectivity index (χ2n) is 17.6. The molecule has 14 aromatic rings. The summed E-state index contributed by atoms with van der Waals surface area (Å²) in [5, 5.41) is 6.75. The molecule has 4 aromatic heterocycles. The number of nitrogens with zero attached hydrogens (tertiary/aromatic N) is 5. The Hall–Kier alpha value is -9.39. The summed E-state index contributed by atoms with van der Waals surface area (Å²) in [6, 6.07) is 83.2. The maximum Gasteiger partial charge on any atom is 0.164 e. The second kappa shape index (κ2) is 15.6. The summed E-state index contributed by atoms with van der Waals surface area (Å²) in [6.45, 7) is 0. The summed E-state index contributed by atoms with van der Waals surface area (Å²) in [6.07, 6.45) is 0. The van der Waals surface area contributed by atoms with Crippen molar-refractivity contribution in [2.24, 2.45) is 0 Å². The van der Waals surface area contributed by atoms with Crippen LogP contribution in [0, 0.1) is 0 Å². The zero-order valence-corrected chi connectivity index (χ0v) is 37.2. The number of rotatable bonds is 7. The lowest BCUT2D eigenvalue weighted by Gasteiger charge is -2.11. The highest BCUT2D eigenvalue weighted by Crippen LogP contribution is 2.45. The van der Waals surface area contributed by atoms with Gasteiger partial charge >= 0.3 is 0 Å². The lowest BCUT2D eigenvalue weighted by atomic mass is 10.0. The van der Waals surface area contributed by atoms with Gasteiger partial charge in [-0.25, -0.2) is 15.0 Å². The molecule has 0 fully saturated rings. The van der Waals surface area contributed by atoms with Gasteiger partial charge in [0.15, 0.2) is 28.6 Å². The van der Waals surface area contributed by atoms with Gasteiger partial charge in [0.2, 0.25) is 0 Å². The van der Waals surface area contributed by atoms with Crippen LogP contribution in [0.2, 0.25) is 0 Å². The first-order valence-electron chi connectivity index (χ1n) is 23.3. The predicted octanol–water partition coefficient (Wildman–Crippen LogP) is 16.3. The van der Waals surface area contributed by atoms with E-state index in [1.807, 2.05) is 36.4 Å². The normalized spacial score (nSPS) is 11.8. The average Bonchev–Trinajstić information content (AvgIpc) is 4.10. The van der Waals surface area contributed by atoms with Gasteiger partial charge in [0, 0.05) is 60.4 Å². The summed E-state index contributed by atoms with van der Waals surface area (Å²) in [7, 11) is 0. The van der Waals surface area contributed by atoms with Gasteiger partial charge in [-0.15, -0.1) is 0 Å². The van der Waals surface area contributed by atoms with Crippen molar-refractivity contribution in [1.82, 2.24) is 24.1 Å². The molecule has 322 valence electrons. The van der Waals surface area contributed by atoms with Crippen LogP contribution in [0.25, 0.3) is 133 Å². The number of hydrogen-bond donors (Lipinski definition) is 0. The van der Waals surface area contributed by atoms with E-state index in [1.165, 1.54) is 10.9 Å². The quantitative estimate of drug-likeness (QED) is 0.160. The number of aromatic nitrogens is 5. The molecular weight excluding hydrogens is 843 g/mol. The first-order valence-corrected chi connectivity index (χ1v) is 23.3. The van der Waals surface area contributed by atoms with Crippen molar-refractivity contribution in [3.63, 3.8) is 0 Å². The number of benzene rings is 10. The predicted molar refractivity (Wildman–Crippen MR) is 283 cm³/mol. The summed E-state index contributed by atoms with van der Waals surface area (Å²) in [5.41, 5.74) is 15.5. The Kier molecular flexibility index (Phi) is 8.79. The monoisotopic (exact) mass is 881 g/mol. The molecule has 0 aliphatic carbocycles. The smallest absolute Gasteiger partial charge is 0.164 e. The van der Waals surface area contributed by atoms with Crippen LogP contribution in [0.3, 0.4) is 0 Å². The zero-order chi connectivity index (χ0) is 45.4. The van der Waals surface area contributed by atoms with Gasteiger partial charge in [-0.3, -0.25) is 0 Å². The molecule has 0 radical (unpaired) electrons. The minimum absolute atomic E-state index is 0.605. The van der Waals surface area contributed by atoms with E-state index in [9.17, 15) is 0 Å². The van der Waals surface area contributed by atoms with Crippen molar-refractivity contribution >= 4 is 65.6 Å². The molecule has 0 bridgehead atoms. The van der Waals surface area contributed by atoms with Gasteiger partial charge < -0.3 is 13.6 Å². The molecule has 10 aromatic carbocycles. The van der Waals surface area contributed by atoms with Crippen molar-refractivity contribution in [3.8, 4) is 67.8 Å². The van der Waals surface area contributed by atoms with Crippen LogP contribution in [0.5, 0.6) is 0 Å². The number of fused-ring (bicyclic) bond motifs is 11. The Balaban J connectivity index is 0.938.